The summed E-state index contributed by atoms with van der Waals surface area (Å²) in [7, 11) is 0. The standard InChI is InChI=1S/C20H31FO2.C16H23FO2/c1-5-16(4)14-23-19-12-17(11-18(21)13-19)9-7-6-8-10-20(22)15(2)3;1-3-12-19-15-11-7-10-14(16(15)17)9-6-4-5-8-13(2)18/h11-13,15-16H,5-10,14H2,1-4H3;7,10-11H,3-6,8-9,12H2,1-2H3. The van der Waals surface area contributed by atoms with Gasteiger partial charge in [0.15, 0.2) is 11.6 Å². The maximum absolute atomic E-state index is 14.1. The summed E-state index contributed by atoms with van der Waals surface area (Å²) in [5, 5.41) is 0. The number of hydrogen-bond donors (Lipinski definition) is 0. The Hall–Kier alpha value is -2.76. The van der Waals surface area contributed by atoms with E-state index >= 15 is 0 Å². The molecule has 42 heavy (non-hydrogen) atoms. The normalized spacial score (nSPS) is 11.5. The first-order valence-corrected chi connectivity index (χ1v) is 15.9. The van der Waals surface area contributed by atoms with Crippen molar-refractivity contribution in [1.82, 2.24) is 0 Å². The van der Waals surface area contributed by atoms with Crippen LogP contribution in [-0.4, -0.2) is 24.8 Å². The van der Waals surface area contributed by atoms with E-state index in [9.17, 15) is 18.4 Å². The second-order valence-corrected chi connectivity index (χ2v) is 11.6. The SMILES string of the molecule is CCC(C)COc1cc(F)cc(CCCCCC(=O)C(C)C)c1.CCCOc1cccc(CCCCCC(C)=O)c1F. The maximum atomic E-state index is 14.1. The summed E-state index contributed by atoms with van der Waals surface area (Å²) in [5.74, 6) is 1.65. The molecule has 0 radical (unpaired) electrons. The van der Waals surface area contributed by atoms with Gasteiger partial charge in [0, 0.05) is 24.8 Å². The van der Waals surface area contributed by atoms with Crippen molar-refractivity contribution in [3.63, 3.8) is 0 Å². The molecule has 2 aromatic carbocycles. The molecule has 0 N–H and O–H groups in total. The first-order chi connectivity index (χ1) is 20.1. The number of carbonyl (C=O) groups excluding carboxylic acids is 2. The Labute approximate surface area is 253 Å². The van der Waals surface area contributed by atoms with Gasteiger partial charge in [0.25, 0.3) is 0 Å². The summed E-state index contributed by atoms with van der Waals surface area (Å²) in [5.41, 5.74) is 1.68. The third kappa shape index (κ3) is 16.6. The summed E-state index contributed by atoms with van der Waals surface area (Å²) >= 11 is 0. The van der Waals surface area contributed by atoms with E-state index in [-0.39, 0.29) is 23.3 Å². The van der Waals surface area contributed by atoms with Crippen LogP contribution < -0.4 is 9.47 Å². The van der Waals surface area contributed by atoms with E-state index in [2.05, 4.69) is 13.8 Å². The summed E-state index contributed by atoms with van der Waals surface area (Å²) in [6.45, 7) is 12.9. The molecule has 0 aromatic heterocycles. The summed E-state index contributed by atoms with van der Waals surface area (Å²) in [6.07, 6.45) is 10.4. The molecule has 2 rings (SSSR count). The van der Waals surface area contributed by atoms with Crippen molar-refractivity contribution in [1.29, 1.82) is 0 Å². The molecule has 0 amide bonds. The number of rotatable bonds is 20. The second kappa shape index (κ2) is 21.9. The first kappa shape index (κ1) is 37.3. The lowest BCUT2D eigenvalue weighted by atomic mass is 10.0. The van der Waals surface area contributed by atoms with Crippen molar-refractivity contribution in [2.45, 2.75) is 119 Å². The minimum atomic E-state index is -0.239. The van der Waals surface area contributed by atoms with E-state index in [1.54, 1.807) is 25.1 Å². The molecule has 236 valence electrons. The quantitative estimate of drug-likeness (QED) is 0.144. The predicted octanol–water partition coefficient (Wildman–Crippen LogP) is 9.88. The molecular formula is C36H54F2O4. The lowest BCUT2D eigenvalue weighted by molar-refractivity contribution is -0.122. The van der Waals surface area contributed by atoms with Gasteiger partial charge >= 0.3 is 0 Å². The van der Waals surface area contributed by atoms with Crippen LogP contribution in [0.3, 0.4) is 0 Å². The van der Waals surface area contributed by atoms with E-state index in [4.69, 9.17) is 9.47 Å². The predicted molar refractivity (Wildman–Crippen MR) is 168 cm³/mol. The zero-order valence-corrected chi connectivity index (χ0v) is 26.9. The highest BCUT2D eigenvalue weighted by Crippen LogP contribution is 2.23. The van der Waals surface area contributed by atoms with Gasteiger partial charge in [-0.1, -0.05) is 66.0 Å². The molecule has 0 aliphatic heterocycles. The van der Waals surface area contributed by atoms with Gasteiger partial charge in [-0.25, -0.2) is 8.78 Å². The maximum Gasteiger partial charge on any atom is 0.168 e. The zero-order valence-electron chi connectivity index (χ0n) is 26.9. The molecular weight excluding hydrogens is 534 g/mol. The average Bonchev–Trinajstić information content (AvgIpc) is 2.95. The summed E-state index contributed by atoms with van der Waals surface area (Å²) < 4.78 is 38.8. The largest absolute Gasteiger partial charge is 0.493 e. The fourth-order valence-corrected chi connectivity index (χ4v) is 4.24. The molecule has 1 atom stereocenters. The van der Waals surface area contributed by atoms with Crippen LogP contribution in [0.25, 0.3) is 0 Å². The Kier molecular flexibility index (Phi) is 19.4. The van der Waals surface area contributed by atoms with Crippen molar-refractivity contribution >= 4 is 11.6 Å². The third-order valence-electron chi connectivity index (χ3n) is 7.18. The van der Waals surface area contributed by atoms with Crippen LogP contribution in [0.4, 0.5) is 8.78 Å². The van der Waals surface area contributed by atoms with Gasteiger partial charge in [0.05, 0.1) is 13.2 Å². The number of unbranched alkanes of at least 4 members (excludes halogenated alkanes) is 4. The van der Waals surface area contributed by atoms with E-state index < -0.39 is 0 Å². The molecule has 0 saturated carbocycles. The van der Waals surface area contributed by atoms with Gasteiger partial charge in [0.1, 0.15) is 23.1 Å². The molecule has 0 spiro atoms. The van der Waals surface area contributed by atoms with Crippen molar-refractivity contribution in [3.8, 4) is 11.5 Å². The van der Waals surface area contributed by atoms with Crippen LogP contribution in [0.2, 0.25) is 0 Å². The summed E-state index contributed by atoms with van der Waals surface area (Å²) in [4.78, 5) is 22.4. The lowest BCUT2D eigenvalue weighted by Gasteiger charge is -2.12. The van der Waals surface area contributed by atoms with Gasteiger partial charge in [0.2, 0.25) is 0 Å². The Morgan fingerprint density at radius 1 is 0.833 bits per heavy atom. The van der Waals surface area contributed by atoms with Crippen molar-refractivity contribution in [2.24, 2.45) is 11.8 Å². The number of aryl methyl sites for hydroxylation is 2. The molecule has 0 saturated heterocycles. The number of Topliss-reactive ketones (excluding diaryl/α,β-unsaturated/α-hetero) is 2. The van der Waals surface area contributed by atoms with E-state index in [1.807, 2.05) is 32.9 Å². The number of ether oxygens (including phenoxy) is 2. The monoisotopic (exact) mass is 588 g/mol. The number of benzene rings is 2. The molecule has 0 aliphatic rings. The summed E-state index contributed by atoms with van der Waals surface area (Å²) in [6, 6.07) is 10.3. The van der Waals surface area contributed by atoms with Gasteiger partial charge < -0.3 is 14.3 Å². The van der Waals surface area contributed by atoms with Crippen molar-refractivity contribution < 1.29 is 27.8 Å². The highest BCUT2D eigenvalue weighted by Gasteiger charge is 2.09. The van der Waals surface area contributed by atoms with Gasteiger partial charge in [-0.05, 0) is 87.1 Å². The highest BCUT2D eigenvalue weighted by atomic mass is 19.1. The number of carbonyl (C=O) groups is 2. The number of hydrogen-bond acceptors (Lipinski definition) is 4. The number of ketones is 2. The van der Waals surface area contributed by atoms with E-state index in [1.165, 1.54) is 6.07 Å². The molecule has 6 heteroatoms. The fourth-order valence-electron chi connectivity index (χ4n) is 4.24. The Balaban J connectivity index is 0.000000428. The van der Waals surface area contributed by atoms with Crippen molar-refractivity contribution in [2.75, 3.05) is 13.2 Å². The minimum Gasteiger partial charge on any atom is -0.493 e. The Bertz CT molecular complexity index is 1050. The Morgan fingerprint density at radius 2 is 1.52 bits per heavy atom. The van der Waals surface area contributed by atoms with E-state index in [0.717, 1.165) is 63.4 Å². The van der Waals surface area contributed by atoms with Crippen LogP contribution in [-0.2, 0) is 22.4 Å². The van der Waals surface area contributed by atoms with Crippen LogP contribution >= 0.6 is 0 Å². The topological polar surface area (TPSA) is 52.6 Å². The molecule has 0 bridgehead atoms. The lowest BCUT2D eigenvalue weighted by Crippen LogP contribution is -2.07. The third-order valence-corrected chi connectivity index (χ3v) is 7.18. The molecule has 2 aromatic rings. The fraction of sp³-hybridized carbons (Fsp3) is 0.611. The second-order valence-electron chi connectivity index (χ2n) is 11.6. The highest BCUT2D eigenvalue weighted by molar-refractivity contribution is 5.80. The molecule has 0 aliphatic carbocycles. The molecule has 4 nitrogen and oxygen atoms in total. The minimum absolute atomic E-state index is 0.128. The van der Waals surface area contributed by atoms with E-state index in [0.29, 0.717) is 61.2 Å². The van der Waals surface area contributed by atoms with Gasteiger partial charge in [-0.2, -0.15) is 0 Å². The van der Waals surface area contributed by atoms with Gasteiger partial charge in [-0.15, -0.1) is 0 Å². The van der Waals surface area contributed by atoms with Crippen molar-refractivity contribution in [3.05, 3.63) is 59.2 Å². The molecule has 0 heterocycles. The zero-order chi connectivity index (χ0) is 31.3. The first-order valence-electron chi connectivity index (χ1n) is 15.9. The van der Waals surface area contributed by atoms with Crippen LogP contribution in [0, 0.1) is 23.5 Å². The van der Waals surface area contributed by atoms with Gasteiger partial charge in [-0.3, -0.25) is 4.79 Å². The van der Waals surface area contributed by atoms with Crippen LogP contribution in [0.1, 0.15) is 117 Å². The van der Waals surface area contributed by atoms with Crippen LogP contribution in [0.15, 0.2) is 36.4 Å². The van der Waals surface area contributed by atoms with Crippen LogP contribution in [0.5, 0.6) is 11.5 Å². The average molecular weight is 589 g/mol. The Morgan fingerprint density at radius 3 is 2.17 bits per heavy atom. The molecule has 1 unspecified atom stereocenters. The smallest absolute Gasteiger partial charge is 0.168 e. The number of halogens is 2. The molecule has 0 fully saturated rings.